The van der Waals surface area contributed by atoms with Gasteiger partial charge in [-0.25, -0.2) is 9.48 Å². The molecule has 0 bridgehead atoms. The molecule has 1 atom stereocenters. The summed E-state index contributed by atoms with van der Waals surface area (Å²) in [4.78, 5) is 17.9. The van der Waals surface area contributed by atoms with Gasteiger partial charge in [-0.15, -0.1) is 5.10 Å². The van der Waals surface area contributed by atoms with Crippen LogP contribution in [0.4, 0.5) is 16.3 Å². The van der Waals surface area contributed by atoms with Gasteiger partial charge >= 0.3 is 6.03 Å². The fourth-order valence-electron chi connectivity index (χ4n) is 5.38. The number of para-hydroxylation sites is 2. The van der Waals surface area contributed by atoms with Crippen molar-refractivity contribution in [3.05, 3.63) is 93.1 Å². The van der Waals surface area contributed by atoms with E-state index in [1.54, 1.807) is 24.1 Å². The third-order valence-corrected chi connectivity index (χ3v) is 7.77. The molecule has 220 valence electrons. The summed E-state index contributed by atoms with van der Waals surface area (Å²) >= 11 is 12.9. The van der Waals surface area contributed by atoms with E-state index in [1.807, 2.05) is 79.1 Å². The fraction of sp³-hybridized carbons (Fsp3) is 0.312. The minimum Gasteiger partial charge on any atom is -0.494 e. The zero-order valence-electron chi connectivity index (χ0n) is 24.6. The summed E-state index contributed by atoms with van der Waals surface area (Å²) in [5.41, 5.74) is 5.01. The van der Waals surface area contributed by atoms with E-state index in [0.717, 1.165) is 28.1 Å². The van der Waals surface area contributed by atoms with Crippen molar-refractivity contribution in [1.82, 2.24) is 14.7 Å². The van der Waals surface area contributed by atoms with Crippen molar-refractivity contribution in [1.29, 1.82) is 0 Å². The molecule has 0 saturated heterocycles. The third kappa shape index (κ3) is 5.67. The van der Waals surface area contributed by atoms with Crippen LogP contribution in [-0.2, 0) is 0 Å². The van der Waals surface area contributed by atoms with Crippen molar-refractivity contribution in [3.8, 4) is 17.2 Å². The molecule has 0 spiro atoms. The third-order valence-electron chi connectivity index (χ3n) is 7.30. The molecule has 4 aromatic rings. The van der Waals surface area contributed by atoms with E-state index >= 15 is 0 Å². The largest absolute Gasteiger partial charge is 0.494 e. The summed E-state index contributed by atoms with van der Waals surface area (Å²) in [6, 6.07) is 17.9. The molecule has 3 aromatic carbocycles. The van der Waals surface area contributed by atoms with Crippen LogP contribution in [-0.4, -0.2) is 55.1 Å². The maximum Gasteiger partial charge on any atom is 0.328 e. The Morgan fingerprint density at radius 2 is 1.71 bits per heavy atom. The van der Waals surface area contributed by atoms with Crippen LogP contribution in [0.3, 0.4) is 0 Å². The van der Waals surface area contributed by atoms with E-state index < -0.39 is 6.04 Å². The molecule has 2 heterocycles. The number of ether oxygens (including phenoxy) is 2. The second-order valence-electron chi connectivity index (χ2n) is 10.9. The normalized spacial score (nSPS) is 14.8. The first-order chi connectivity index (χ1) is 20.1. The van der Waals surface area contributed by atoms with Crippen LogP contribution in [0.1, 0.15) is 48.2 Å². The number of hydrogen-bond acceptors (Lipinski definition) is 5. The number of aryl methyl sites for hydroxylation is 1. The number of nitrogens with one attached hydrogen (secondary N) is 1. The van der Waals surface area contributed by atoms with Gasteiger partial charge in [0.15, 0.2) is 5.82 Å². The summed E-state index contributed by atoms with van der Waals surface area (Å²) in [6.45, 7) is 7.38. The molecule has 42 heavy (non-hydrogen) atoms. The van der Waals surface area contributed by atoms with Crippen LogP contribution >= 0.6 is 23.2 Å². The summed E-state index contributed by atoms with van der Waals surface area (Å²) in [7, 11) is 5.60. The number of likely N-dealkylation sites (N-methyl/N-ethyl adjacent to an activating group) is 1. The van der Waals surface area contributed by atoms with Crippen LogP contribution in [0.5, 0.6) is 11.5 Å². The van der Waals surface area contributed by atoms with Gasteiger partial charge in [0.25, 0.3) is 0 Å². The Hall–Kier alpha value is -3.72. The molecule has 8 nitrogen and oxygen atoms in total. The molecule has 1 aromatic heterocycles. The number of rotatable bonds is 9. The van der Waals surface area contributed by atoms with Crippen LogP contribution in [0.25, 0.3) is 5.69 Å². The molecule has 1 aliphatic heterocycles. The Kier molecular flexibility index (Phi) is 8.68. The molecular weight excluding hydrogens is 573 g/mol. The first-order valence-corrected chi connectivity index (χ1v) is 14.6. The highest BCUT2D eigenvalue weighted by Gasteiger charge is 2.42. The summed E-state index contributed by atoms with van der Waals surface area (Å²) < 4.78 is 13.8. The summed E-state index contributed by atoms with van der Waals surface area (Å²) in [5, 5.41) is 9.12. The molecule has 10 heteroatoms. The van der Waals surface area contributed by atoms with E-state index in [2.05, 4.69) is 19.2 Å². The Morgan fingerprint density at radius 3 is 2.40 bits per heavy atom. The molecule has 0 radical (unpaired) electrons. The van der Waals surface area contributed by atoms with E-state index in [0.29, 0.717) is 46.2 Å². The number of halogens is 2. The van der Waals surface area contributed by atoms with Crippen molar-refractivity contribution in [2.45, 2.75) is 32.7 Å². The average Bonchev–Trinajstić information content (AvgIpc) is 3.32. The zero-order chi connectivity index (χ0) is 30.1. The van der Waals surface area contributed by atoms with Crippen molar-refractivity contribution >= 4 is 40.7 Å². The predicted molar refractivity (Wildman–Crippen MR) is 169 cm³/mol. The molecule has 1 N–H and O–H groups in total. The maximum atomic E-state index is 14.1. The van der Waals surface area contributed by atoms with Gasteiger partial charge in [-0.2, -0.15) is 0 Å². The van der Waals surface area contributed by atoms with Gasteiger partial charge in [0.2, 0.25) is 0 Å². The molecular formula is C32H35Cl2N5O3. The molecule has 1 aliphatic rings. The van der Waals surface area contributed by atoms with Crippen LogP contribution in [0.15, 0.2) is 60.7 Å². The van der Waals surface area contributed by atoms with E-state index in [9.17, 15) is 4.79 Å². The Balaban J connectivity index is 1.78. The second-order valence-corrected chi connectivity index (χ2v) is 11.7. The first-order valence-electron chi connectivity index (χ1n) is 13.8. The first kappa shape index (κ1) is 29.8. The fourth-order valence-corrected chi connectivity index (χ4v) is 5.78. The highest BCUT2D eigenvalue weighted by Crippen LogP contribution is 2.48. The highest BCUT2D eigenvalue weighted by atomic mass is 35.5. The number of fused-ring (bicyclic) bond motifs is 1. The van der Waals surface area contributed by atoms with Crippen molar-refractivity contribution in [3.63, 3.8) is 0 Å². The van der Waals surface area contributed by atoms with Gasteiger partial charge in [0, 0.05) is 22.2 Å². The zero-order valence-corrected chi connectivity index (χ0v) is 26.1. The van der Waals surface area contributed by atoms with Gasteiger partial charge in [0.1, 0.15) is 23.8 Å². The minimum atomic E-state index is -0.554. The Morgan fingerprint density at radius 1 is 1.00 bits per heavy atom. The summed E-state index contributed by atoms with van der Waals surface area (Å²) in [5.74, 6) is 1.75. The van der Waals surface area contributed by atoms with Crippen molar-refractivity contribution in [2.24, 2.45) is 0 Å². The van der Waals surface area contributed by atoms with Gasteiger partial charge in [-0.1, -0.05) is 55.2 Å². The molecule has 0 aliphatic carbocycles. The molecule has 0 saturated carbocycles. The number of benzene rings is 3. The number of aromatic nitrogens is 2. The number of nitrogens with zero attached hydrogens (tertiary/aromatic N) is 4. The quantitative estimate of drug-likeness (QED) is 0.211. The number of carbonyl (C=O) groups excluding carboxylic acids is 1. The minimum absolute atomic E-state index is 0.0355. The SMILES string of the molecule is COc1ccccc1-n1nc2c(c1C(C)C)C(c1ccc(Cl)cc1C)N(c1cc(Cl)ccc1OCCN(C)C)C(=O)N2. The van der Waals surface area contributed by atoms with Gasteiger partial charge in [-0.3, -0.25) is 10.2 Å². The van der Waals surface area contributed by atoms with Crippen LogP contribution < -0.4 is 19.7 Å². The number of urea groups is 1. The van der Waals surface area contributed by atoms with E-state index in [4.69, 9.17) is 37.8 Å². The standard InChI is InChI=1S/C32H35Cl2N5O3/c1-19(2)29-28-30(23-13-11-21(33)17-20(23)3)38(25-18-22(34)12-14-27(25)42-16-15-37(4)5)32(40)35-31(28)36-39(29)24-9-7-8-10-26(24)41-6/h7-14,17-19,30H,15-16H2,1-6H3,(H,35,36,40). The van der Waals surface area contributed by atoms with Gasteiger partial charge in [0.05, 0.1) is 24.5 Å². The lowest BCUT2D eigenvalue weighted by atomic mass is 9.89. The van der Waals surface area contributed by atoms with Crippen LogP contribution in [0, 0.1) is 6.92 Å². The Bertz CT molecular complexity index is 1620. The van der Waals surface area contributed by atoms with Crippen molar-refractivity contribution in [2.75, 3.05) is 44.6 Å². The number of carbonyl (C=O) groups is 1. The van der Waals surface area contributed by atoms with Crippen molar-refractivity contribution < 1.29 is 14.3 Å². The molecule has 2 amide bonds. The van der Waals surface area contributed by atoms with E-state index in [-0.39, 0.29) is 11.9 Å². The monoisotopic (exact) mass is 607 g/mol. The lowest BCUT2D eigenvalue weighted by Gasteiger charge is -2.38. The number of methoxy groups -OCH3 is 1. The molecule has 1 unspecified atom stereocenters. The second kappa shape index (κ2) is 12.3. The number of anilines is 2. The van der Waals surface area contributed by atoms with Gasteiger partial charge in [-0.05, 0) is 80.5 Å². The van der Waals surface area contributed by atoms with E-state index in [1.165, 1.54) is 0 Å². The smallest absolute Gasteiger partial charge is 0.328 e. The molecule has 5 rings (SSSR count). The number of hydrogen-bond donors (Lipinski definition) is 1. The number of amides is 2. The van der Waals surface area contributed by atoms with Crippen LogP contribution in [0.2, 0.25) is 10.0 Å². The predicted octanol–water partition coefficient (Wildman–Crippen LogP) is 7.70. The highest BCUT2D eigenvalue weighted by molar-refractivity contribution is 6.31. The average molecular weight is 609 g/mol. The Labute approximate surface area is 256 Å². The molecule has 0 fully saturated rings. The van der Waals surface area contributed by atoms with Gasteiger partial charge < -0.3 is 14.4 Å². The summed E-state index contributed by atoms with van der Waals surface area (Å²) in [6.07, 6.45) is 0. The lowest BCUT2D eigenvalue weighted by Crippen LogP contribution is -2.43. The maximum absolute atomic E-state index is 14.1. The lowest BCUT2D eigenvalue weighted by molar-refractivity contribution is 0.251. The topological polar surface area (TPSA) is 71.9 Å².